The molecule has 16 heavy (non-hydrogen) atoms. The lowest BCUT2D eigenvalue weighted by Gasteiger charge is -2.29. The summed E-state index contributed by atoms with van der Waals surface area (Å²) in [4.78, 5) is 2.20. The molecule has 1 fully saturated rings. The fraction of sp³-hybridized carbons (Fsp3) is 1.00. The maximum absolute atomic E-state index is 9.21. The average Bonchev–Trinajstić information content (AvgIpc) is 2.34. The lowest BCUT2D eigenvalue weighted by molar-refractivity contribution is 0.112. The lowest BCUT2D eigenvalue weighted by atomic mass is 9.87. The highest BCUT2D eigenvalue weighted by molar-refractivity contribution is 4.71. The first-order chi connectivity index (χ1) is 7.77. The molecule has 0 aromatic heterocycles. The molecule has 3 heteroatoms. The van der Waals surface area contributed by atoms with Crippen molar-refractivity contribution in [3.8, 4) is 0 Å². The van der Waals surface area contributed by atoms with E-state index in [4.69, 9.17) is 5.11 Å². The van der Waals surface area contributed by atoms with Gasteiger partial charge in [0, 0.05) is 12.6 Å². The van der Waals surface area contributed by atoms with Gasteiger partial charge < -0.3 is 15.1 Å². The molecule has 0 bridgehead atoms. The maximum atomic E-state index is 9.21. The van der Waals surface area contributed by atoms with Gasteiger partial charge in [0.25, 0.3) is 0 Å². The number of hydrogen-bond acceptors (Lipinski definition) is 3. The lowest BCUT2D eigenvalue weighted by Crippen LogP contribution is -2.37. The summed E-state index contributed by atoms with van der Waals surface area (Å²) >= 11 is 0. The highest BCUT2D eigenvalue weighted by atomic mass is 16.3. The van der Waals surface area contributed by atoms with Crippen molar-refractivity contribution in [3.05, 3.63) is 0 Å². The highest BCUT2D eigenvalue weighted by Crippen LogP contribution is 2.26. The molecule has 1 aliphatic carbocycles. The Morgan fingerprint density at radius 2 is 1.88 bits per heavy atom. The SMILES string of the molecule is CN(CCC1CCCCC1)C(CO)CCO. The molecule has 0 aromatic rings. The third-order valence-electron chi connectivity index (χ3n) is 3.91. The van der Waals surface area contributed by atoms with Crippen molar-refractivity contribution in [2.45, 2.75) is 51.0 Å². The summed E-state index contributed by atoms with van der Waals surface area (Å²) in [6, 6.07) is 0.133. The van der Waals surface area contributed by atoms with Gasteiger partial charge in [0.15, 0.2) is 0 Å². The second-order valence-corrected chi connectivity index (χ2v) is 5.12. The van der Waals surface area contributed by atoms with E-state index in [0.717, 1.165) is 12.5 Å². The van der Waals surface area contributed by atoms with Crippen LogP contribution in [-0.4, -0.2) is 48.0 Å². The van der Waals surface area contributed by atoms with E-state index < -0.39 is 0 Å². The van der Waals surface area contributed by atoms with Crippen molar-refractivity contribution in [1.29, 1.82) is 0 Å². The van der Waals surface area contributed by atoms with Crippen LogP contribution in [0.1, 0.15) is 44.9 Å². The Bertz CT molecular complexity index is 169. The zero-order valence-corrected chi connectivity index (χ0v) is 10.6. The number of hydrogen-bond donors (Lipinski definition) is 2. The summed E-state index contributed by atoms with van der Waals surface area (Å²) in [7, 11) is 2.05. The van der Waals surface area contributed by atoms with Crippen LogP contribution in [0.15, 0.2) is 0 Å². The van der Waals surface area contributed by atoms with Crippen LogP contribution in [0.2, 0.25) is 0 Å². The quantitative estimate of drug-likeness (QED) is 0.697. The van der Waals surface area contributed by atoms with Gasteiger partial charge >= 0.3 is 0 Å². The van der Waals surface area contributed by atoms with Crippen LogP contribution in [0.4, 0.5) is 0 Å². The van der Waals surface area contributed by atoms with Crippen LogP contribution in [0.3, 0.4) is 0 Å². The van der Waals surface area contributed by atoms with Gasteiger partial charge in [0.05, 0.1) is 6.61 Å². The molecule has 96 valence electrons. The fourth-order valence-corrected chi connectivity index (χ4v) is 2.64. The molecule has 0 radical (unpaired) electrons. The Hall–Kier alpha value is -0.120. The van der Waals surface area contributed by atoms with Gasteiger partial charge in [-0.05, 0) is 32.4 Å². The highest BCUT2D eigenvalue weighted by Gasteiger charge is 2.17. The second-order valence-electron chi connectivity index (χ2n) is 5.12. The fourth-order valence-electron chi connectivity index (χ4n) is 2.64. The number of aliphatic hydroxyl groups is 2. The Balaban J connectivity index is 2.18. The number of aliphatic hydroxyl groups excluding tert-OH is 2. The van der Waals surface area contributed by atoms with E-state index in [0.29, 0.717) is 6.42 Å². The zero-order chi connectivity index (χ0) is 11.8. The number of likely N-dealkylation sites (N-methyl/N-ethyl adjacent to an activating group) is 1. The summed E-state index contributed by atoms with van der Waals surface area (Å²) in [5, 5.41) is 18.1. The van der Waals surface area contributed by atoms with Crippen LogP contribution in [0.5, 0.6) is 0 Å². The van der Waals surface area contributed by atoms with Crippen molar-refractivity contribution in [3.63, 3.8) is 0 Å². The molecule has 0 spiro atoms. The summed E-state index contributed by atoms with van der Waals surface area (Å²) < 4.78 is 0. The van der Waals surface area contributed by atoms with Crippen molar-refractivity contribution >= 4 is 0 Å². The minimum absolute atomic E-state index is 0.133. The smallest absolute Gasteiger partial charge is 0.0587 e. The molecule has 1 saturated carbocycles. The minimum atomic E-state index is 0.133. The van der Waals surface area contributed by atoms with Crippen molar-refractivity contribution in [2.75, 3.05) is 26.8 Å². The molecule has 1 atom stereocenters. The Labute approximate surface area is 99.5 Å². The van der Waals surface area contributed by atoms with Gasteiger partial charge in [0.1, 0.15) is 0 Å². The third-order valence-corrected chi connectivity index (χ3v) is 3.91. The molecule has 3 nitrogen and oxygen atoms in total. The molecule has 0 aliphatic heterocycles. The van der Waals surface area contributed by atoms with E-state index in [2.05, 4.69) is 11.9 Å². The first kappa shape index (κ1) is 13.9. The van der Waals surface area contributed by atoms with Crippen LogP contribution in [0, 0.1) is 5.92 Å². The summed E-state index contributed by atoms with van der Waals surface area (Å²) in [6.45, 7) is 1.37. The number of rotatable bonds is 7. The monoisotopic (exact) mass is 229 g/mol. The van der Waals surface area contributed by atoms with Crippen LogP contribution < -0.4 is 0 Å². The average molecular weight is 229 g/mol. The molecular formula is C13H27NO2. The topological polar surface area (TPSA) is 43.7 Å². The molecular weight excluding hydrogens is 202 g/mol. The van der Waals surface area contributed by atoms with Crippen molar-refractivity contribution < 1.29 is 10.2 Å². The van der Waals surface area contributed by atoms with E-state index in [1.165, 1.54) is 38.5 Å². The molecule has 0 amide bonds. The molecule has 0 saturated heterocycles. The van der Waals surface area contributed by atoms with Crippen LogP contribution in [0.25, 0.3) is 0 Å². The second kappa shape index (κ2) is 8.04. The maximum Gasteiger partial charge on any atom is 0.0587 e. The first-order valence-electron chi connectivity index (χ1n) is 6.70. The predicted octanol–water partition coefficient (Wildman–Crippen LogP) is 1.63. The van der Waals surface area contributed by atoms with Crippen molar-refractivity contribution in [1.82, 2.24) is 4.90 Å². The standard InChI is InChI=1S/C13H27NO2/c1-14(13(11-16)8-10-15)9-7-12-5-3-2-4-6-12/h12-13,15-16H,2-11H2,1H3. The van der Waals surface area contributed by atoms with Crippen LogP contribution in [-0.2, 0) is 0 Å². The van der Waals surface area contributed by atoms with E-state index in [1.54, 1.807) is 0 Å². The molecule has 1 rings (SSSR count). The predicted molar refractivity (Wildman–Crippen MR) is 66.4 cm³/mol. The molecule has 1 unspecified atom stereocenters. The van der Waals surface area contributed by atoms with Crippen molar-refractivity contribution in [2.24, 2.45) is 5.92 Å². The van der Waals surface area contributed by atoms with E-state index in [1.807, 2.05) is 0 Å². The van der Waals surface area contributed by atoms with Gasteiger partial charge in [-0.25, -0.2) is 0 Å². The van der Waals surface area contributed by atoms with Gasteiger partial charge in [-0.15, -0.1) is 0 Å². The Morgan fingerprint density at radius 3 is 2.44 bits per heavy atom. The Kier molecular flexibility index (Phi) is 7.01. The zero-order valence-electron chi connectivity index (χ0n) is 10.6. The number of nitrogens with zero attached hydrogens (tertiary/aromatic N) is 1. The third kappa shape index (κ3) is 4.81. The summed E-state index contributed by atoms with van der Waals surface area (Å²) in [5.74, 6) is 0.893. The molecule has 0 aromatic carbocycles. The molecule has 0 heterocycles. The first-order valence-corrected chi connectivity index (χ1v) is 6.70. The Morgan fingerprint density at radius 1 is 1.19 bits per heavy atom. The van der Waals surface area contributed by atoms with E-state index >= 15 is 0 Å². The van der Waals surface area contributed by atoms with E-state index in [-0.39, 0.29) is 19.3 Å². The molecule has 1 aliphatic rings. The van der Waals surface area contributed by atoms with Gasteiger partial charge in [-0.3, -0.25) is 0 Å². The molecule has 2 N–H and O–H groups in total. The summed E-state index contributed by atoms with van der Waals surface area (Å²) in [5.41, 5.74) is 0. The summed E-state index contributed by atoms with van der Waals surface area (Å²) in [6.07, 6.45) is 8.91. The van der Waals surface area contributed by atoms with Gasteiger partial charge in [-0.2, -0.15) is 0 Å². The van der Waals surface area contributed by atoms with Gasteiger partial charge in [0.2, 0.25) is 0 Å². The van der Waals surface area contributed by atoms with Gasteiger partial charge in [-0.1, -0.05) is 32.1 Å². The van der Waals surface area contributed by atoms with Crippen LogP contribution >= 0.6 is 0 Å². The minimum Gasteiger partial charge on any atom is -0.396 e. The normalized spacial score (nSPS) is 20.2. The van der Waals surface area contributed by atoms with E-state index in [9.17, 15) is 5.11 Å². The largest absolute Gasteiger partial charge is 0.396 e.